The number of unbranched alkanes of at least 4 members (excludes halogenated alkanes) is 3. The summed E-state index contributed by atoms with van der Waals surface area (Å²) in [5.74, 6) is 0. The van der Waals surface area contributed by atoms with Crippen molar-refractivity contribution >= 4 is 38.8 Å². The van der Waals surface area contributed by atoms with Crippen LogP contribution in [0.1, 0.15) is 45.4 Å². The monoisotopic (exact) mass is 456 g/mol. The number of aliphatic hydroxyl groups excluding tert-OH is 1. The summed E-state index contributed by atoms with van der Waals surface area (Å²) in [6.07, 6.45) is 7.39. The van der Waals surface area contributed by atoms with Crippen LogP contribution in [-0.4, -0.2) is 41.6 Å². The molecule has 3 heteroatoms. The third-order valence-electron chi connectivity index (χ3n) is 4.00. The first-order valence-electron chi connectivity index (χ1n) is 8.87. The Bertz CT molecular complexity index is 515. The molecule has 0 fully saturated rings. The quantitative estimate of drug-likeness (QED) is 0.407. The number of hydrogen-bond donors (Lipinski definition) is 1. The Labute approximate surface area is 159 Å². The van der Waals surface area contributed by atoms with E-state index in [1.54, 1.807) is 0 Å². The van der Waals surface area contributed by atoms with Gasteiger partial charge in [0.1, 0.15) is 0 Å². The molecule has 0 saturated heterocycles. The van der Waals surface area contributed by atoms with Gasteiger partial charge in [-0.1, -0.05) is 0 Å². The summed E-state index contributed by atoms with van der Waals surface area (Å²) in [6.45, 7) is 2.57. The van der Waals surface area contributed by atoms with Gasteiger partial charge in [-0.25, -0.2) is 0 Å². The first kappa shape index (κ1) is 19.8. The molecule has 2 rings (SSSR count). The summed E-state index contributed by atoms with van der Waals surface area (Å²) in [7, 11) is 0. The zero-order valence-electron chi connectivity index (χ0n) is 14.5. The molecule has 1 N–H and O–H groups in total. The molecular formula is C21H28OSe2. The van der Waals surface area contributed by atoms with Gasteiger partial charge in [-0.2, -0.15) is 0 Å². The van der Waals surface area contributed by atoms with Crippen LogP contribution < -0.4 is 8.92 Å². The van der Waals surface area contributed by atoms with Crippen LogP contribution in [0.2, 0.25) is 3.21 Å². The standard InChI is InChI=1S/C21H28OSe2/c1-2-3-4-11-16-21(17-18-22,23-19-12-7-5-8-13-19)24-20-14-9-6-10-15-20/h5-10,12-15,22H,2-4,11,16-18H2,1H3. The molecule has 130 valence electrons. The van der Waals surface area contributed by atoms with Crippen molar-refractivity contribution in [1.29, 1.82) is 0 Å². The Balaban J connectivity index is 2.17. The summed E-state index contributed by atoms with van der Waals surface area (Å²) >= 11 is 0.804. The van der Waals surface area contributed by atoms with Gasteiger partial charge in [0.25, 0.3) is 0 Å². The predicted molar refractivity (Wildman–Crippen MR) is 107 cm³/mol. The van der Waals surface area contributed by atoms with Crippen molar-refractivity contribution in [3.05, 3.63) is 60.7 Å². The molecule has 0 aliphatic rings. The van der Waals surface area contributed by atoms with Crippen molar-refractivity contribution < 1.29 is 5.11 Å². The maximum absolute atomic E-state index is 9.78. The molecule has 0 unspecified atom stereocenters. The molecule has 0 aliphatic carbocycles. The van der Waals surface area contributed by atoms with Gasteiger partial charge < -0.3 is 0 Å². The fourth-order valence-corrected chi connectivity index (χ4v) is 10.3. The third-order valence-corrected chi connectivity index (χ3v) is 11.2. The summed E-state index contributed by atoms with van der Waals surface area (Å²) < 4.78 is 3.21. The van der Waals surface area contributed by atoms with Crippen molar-refractivity contribution in [2.24, 2.45) is 0 Å². The predicted octanol–water partition coefficient (Wildman–Crippen LogP) is 3.51. The number of rotatable bonds is 11. The summed E-state index contributed by atoms with van der Waals surface area (Å²) in [5, 5.41) is 9.78. The third kappa shape index (κ3) is 6.75. The Morgan fingerprint density at radius 1 is 0.750 bits per heavy atom. The van der Waals surface area contributed by atoms with Gasteiger partial charge in [0.05, 0.1) is 0 Å². The molecule has 0 radical (unpaired) electrons. The van der Waals surface area contributed by atoms with E-state index >= 15 is 0 Å². The van der Waals surface area contributed by atoms with Crippen LogP contribution in [0.25, 0.3) is 0 Å². The number of benzene rings is 2. The minimum absolute atomic E-state index is 0.283. The van der Waals surface area contributed by atoms with Crippen LogP contribution in [0, 0.1) is 0 Å². The Morgan fingerprint density at radius 3 is 1.75 bits per heavy atom. The second-order valence-corrected chi connectivity index (χ2v) is 13.4. The van der Waals surface area contributed by atoms with E-state index in [1.807, 2.05) is 0 Å². The van der Waals surface area contributed by atoms with Gasteiger partial charge >= 0.3 is 160 Å². The van der Waals surface area contributed by atoms with Gasteiger partial charge in [0.2, 0.25) is 0 Å². The molecule has 1 nitrogen and oxygen atoms in total. The second-order valence-electron chi connectivity index (χ2n) is 6.03. The van der Waals surface area contributed by atoms with E-state index in [2.05, 4.69) is 67.6 Å². The molecule has 0 saturated carbocycles. The van der Waals surface area contributed by atoms with Gasteiger partial charge in [0, 0.05) is 0 Å². The van der Waals surface area contributed by atoms with Crippen LogP contribution in [-0.2, 0) is 0 Å². The molecule has 2 aromatic rings. The first-order valence-corrected chi connectivity index (χ1v) is 12.3. The van der Waals surface area contributed by atoms with Crippen molar-refractivity contribution in [1.82, 2.24) is 0 Å². The second kappa shape index (κ2) is 11.1. The van der Waals surface area contributed by atoms with E-state index in [-0.39, 0.29) is 3.21 Å². The van der Waals surface area contributed by atoms with Crippen LogP contribution >= 0.6 is 0 Å². The summed E-state index contributed by atoms with van der Waals surface area (Å²) in [4.78, 5) is 0. The average Bonchev–Trinajstić information content (AvgIpc) is 2.61. The SMILES string of the molecule is CCCCCCC(CCO)([Se]c1ccccc1)[Se]c1ccccc1. The average molecular weight is 454 g/mol. The molecule has 0 aliphatic heterocycles. The Morgan fingerprint density at radius 2 is 1.29 bits per heavy atom. The van der Waals surface area contributed by atoms with E-state index < -0.39 is 0 Å². The Hall–Kier alpha value is -0.561. The van der Waals surface area contributed by atoms with Crippen LogP contribution in [0.4, 0.5) is 0 Å². The molecule has 2 aromatic carbocycles. The zero-order chi connectivity index (χ0) is 17.1. The van der Waals surface area contributed by atoms with E-state index in [9.17, 15) is 5.11 Å². The van der Waals surface area contributed by atoms with Gasteiger partial charge in [-0.15, -0.1) is 0 Å². The van der Waals surface area contributed by atoms with Crippen molar-refractivity contribution in [2.75, 3.05) is 6.61 Å². The molecule has 0 spiro atoms. The molecule has 0 bridgehead atoms. The molecule has 0 heterocycles. The van der Waals surface area contributed by atoms with E-state index in [1.165, 1.54) is 41.0 Å². The van der Waals surface area contributed by atoms with Gasteiger partial charge in [0.15, 0.2) is 0 Å². The summed E-state index contributed by atoms with van der Waals surface area (Å²) in [5.41, 5.74) is 0. The van der Waals surface area contributed by atoms with Crippen molar-refractivity contribution in [3.63, 3.8) is 0 Å². The van der Waals surface area contributed by atoms with Gasteiger partial charge in [-0.05, 0) is 0 Å². The molecule has 0 amide bonds. The minimum atomic E-state index is 0.283. The first-order chi connectivity index (χ1) is 11.8. The zero-order valence-corrected chi connectivity index (χ0v) is 17.9. The molecular weight excluding hydrogens is 426 g/mol. The van der Waals surface area contributed by atoms with Crippen molar-refractivity contribution in [3.8, 4) is 0 Å². The Kier molecular flexibility index (Phi) is 9.16. The fourth-order valence-electron chi connectivity index (χ4n) is 2.75. The van der Waals surface area contributed by atoms with E-state index in [4.69, 9.17) is 0 Å². The molecule has 0 aromatic heterocycles. The van der Waals surface area contributed by atoms with Crippen LogP contribution in [0.3, 0.4) is 0 Å². The maximum atomic E-state index is 9.78. The molecule has 24 heavy (non-hydrogen) atoms. The number of hydrogen-bond acceptors (Lipinski definition) is 1. The van der Waals surface area contributed by atoms with E-state index in [0.717, 1.165) is 6.42 Å². The number of aliphatic hydroxyl groups is 1. The van der Waals surface area contributed by atoms with Crippen molar-refractivity contribution in [2.45, 2.75) is 48.7 Å². The van der Waals surface area contributed by atoms with E-state index in [0.29, 0.717) is 36.5 Å². The van der Waals surface area contributed by atoms with Crippen LogP contribution in [0.5, 0.6) is 0 Å². The fraction of sp³-hybridized carbons (Fsp3) is 0.429. The normalized spacial score (nSPS) is 11.6. The van der Waals surface area contributed by atoms with Crippen LogP contribution in [0.15, 0.2) is 60.7 Å². The van der Waals surface area contributed by atoms with Gasteiger partial charge in [-0.3, -0.25) is 0 Å². The summed E-state index contributed by atoms with van der Waals surface area (Å²) in [6, 6.07) is 21.8. The topological polar surface area (TPSA) is 20.2 Å². The molecule has 0 atom stereocenters.